The second kappa shape index (κ2) is 6.63. The SMILES string of the molecule is COC(=O)c1cccc(NC(C)c2ccc(Br)cc2)c1N. The maximum Gasteiger partial charge on any atom is 0.340 e. The zero-order valence-corrected chi connectivity index (χ0v) is 13.5. The number of nitrogens with two attached hydrogens (primary N) is 1. The molecule has 0 saturated carbocycles. The number of ether oxygens (including phenoxy) is 1. The van der Waals surface area contributed by atoms with Gasteiger partial charge in [0, 0.05) is 10.5 Å². The molecule has 2 aromatic carbocycles. The summed E-state index contributed by atoms with van der Waals surface area (Å²) in [6.45, 7) is 2.04. The van der Waals surface area contributed by atoms with Crippen molar-refractivity contribution in [3.05, 3.63) is 58.1 Å². The molecule has 0 aromatic heterocycles. The standard InChI is InChI=1S/C16H17BrN2O2/c1-10(11-6-8-12(17)9-7-11)19-14-5-3-4-13(15(14)18)16(20)21-2/h3-10,19H,18H2,1-2H3. The molecule has 0 aliphatic carbocycles. The van der Waals surface area contributed by atoms with E-state index in [0.29, 0.717) is 16.9 Å². The van der Waals surface area contributed by atoms with Crippen molar-refractivity contribution in [1.82, 2.24) is 0 Å². The quantitative estimate of drug-likeness (QED) is 0.647. The van der Waals surface area contributed by atoms with Crippen LogP contribution in [-0.4, -0.2) is 13.1 Å². The Hall–Kier alpha value is -2.01. The number of halogens is 1. The first-order chi connectivity index (χ1) is 10.0. The summed E-state index contributed by atoms with van der Waals surface area (Å²) in [6.07, 6.45) is 0. The fraction of sp³-hybridized carbons (Fsp3) is 0.188. The molecule has 110 valence electrons. The van der Waals surface area contributed by atoms with Crippen LogP contribution in [0.4, 0.5) is 11.4 Å². The van der Waals surface area contributed by atoms with Gasteiger partial charge in [0.05, 0.1) is 24.0 Å². The van der Waals surface area contributed by atoms with Crippen LogP contribution in [0.3, 0.4) is 0 Å². The second-order valence-corrected chi connectivity index (χ2v) is 5.59. The Morgan fingerprint density at radius 2 is 1.90 bits per heavy atom. The van der Waals surface area contributed by atoms with Crippen molar-refractivity contribution in [2.45, 2.75) is 13.0 Å². The van der Waals surface area contributed by atoms with E-state index in [4.69, 9.17) is 10.5 Å². The molecular weight excluding hydrogens is 332 g/mol. The summed E-state index contributed by atoms with van der Waals surface area (Å²) >= 11 is 3.41. The summed E-state index contributed by atoms with van der Waals surface area (Å²) in [6, 6.07) is 13.4. The summed E-state index contributed by atoms with van der Waals surface area (Å²) in [5, 5.41) is 3.32. The van der Waals surface area contributed by atoms with Crippen LogP contribution >= 0.6 is 15.9 Å². The van der Waals surface area contributed by atoms with E-state index in [-0.39, 0.29) is 6.04 Å². The fourth-order valence-corrected chi connectivity index (χ4v) is 2.31. The topological polar surface area (TPSA) is 64.3 Å². The Bertz CT molecular complexity index is 641. The van der Waals surface area contributed by atoms with Crippen LogP contribution in [-0.2, 0) is 4.74 Å². The highest BCUT2D eigenvalue weighted by Gasteiger charge is 2.14. The molecule has 5 heteroatoms. The van der Waals surface area contributed by atoms with Crippen molar-refractivity contribution < 1.29 is 9.53 Å². The summed E-state index contributed by atoms with van der Waals surface area (Å²) in [5.41, 5.74) is 8.64. The lowest BCUT2D eigenvalue weighted by molar-refractivity contribution is 0.0602. The van der Waals surface area contributed by atoms with Gasteiger partial charge in [0.25, 0.3) is 0 Å². The van der Waals surface area contributed by atoms with E-state index in [1.54, 1.807) is 12.1 Å². The predicted molar refractivity (Wildman–Crippen MR) is 88.4 cm³/mol. The van der Waals surface area contributed by atoms with Crippen LogP contribution in [0, 0.1) is 0 Å². The van der Waals surface area contributed by atoms with Crippen LogP contribution in [0.2, 0.25) is 0 Å². The molecule has 2 rings (SSSR count). The highest BCUT2D eigenvalue weighted by Crippen LogP contribution is 2.28. The summed E-state index contributed by atoms with van der Waals surface area (Å²) in [7, 11) is 1.34. The minimum Gasteiger partial charge on any atom is -0.465 e. The smallest absolute Gasteiger partial charge is 0.340 e. The van der Waals surface area contributed by atoms with Crippen molar-refractivity contribution in [1.29, 1.82) is 0 Å². The molecule has 1 unspecified atom stereocenters. The molecule has 0 aliphatic heterocycles. The van der Waals surface area contributed by atoms with Gasteiger partial charge in [-0.3, -0.25) is 0 Å². The van der Waals surface area contributed by atoms with Crippen molar-refractivity contribution in [3.63, 3.8) is 0 Å². The van der Waals surface area contributed by atoms with Crippen molar-refractivity contribution in [3.8, 4) is 0 Å². The average Bonchev–Trinajstić information content (AvgIpc) is 2.49. The van der Waals surface area contributed by atoms with Gasteiger partial charge in [-0.2, -0.15) is 0 Å². The Morgan fingerprint density at radius 1 is 1.24 bits per heavy atom. The molecule has 0 heterocycles. The molecule has 0 radical (unpaired) electrons. The number of hydrogen-bond acceptors (Lipinski definition) is 4. The first kappa shape index (κ1) is 15.4. The zero-order valence-electron chi connectivity index (χ0n) is 11.9. The van der Waals surface area contributed by atoms with Crippen molar-refractivity contribution in [2.75, 3.05) is 18.2 Å². The van der Waals surface area contributed by atoms with Crippen LogP contribution in [0.5, 0.6) is 0 Å². The van der Waals surface area contributed by atoms with Crippen molar-refractivity contribution >= 4 is 33.3 Å². The minimum atomic E-state index is -0.438. The fourth-order valence-electron chi connectivity index (χ4n) is 2.05. The lowest BCUT2D eigenvalue weighted by Gasteiger charge is -2.18. The van der Waals surface area contributed by atoms with Gasteiger partial charge in [0.15, 0.2) is 0 Å². The highest BCUT2D eigenvalue weighted by molar-refractivity contribution is 9.10. The molecule has 21 heavy (non-hydrogen) atoms. The van der Waals surface area contributed by atoms with Crippen LogP contribution in [0.1, 0.15) is 28.9 Å². The van der Waals surface area contributed by atoms with Gasteiger partial charge in [0.1, 0.15) is 0 Å². The van der Waals surface area contributed by atoms with Crippen LogP contribution in [0.25, 0.3) is 0 Å². The first-order valence-corrected chi connectivity index (χ1v) is 7.31. The predicted octanol–water partition coefficient (Wildman–Crippen LogP) is 3.99. The van der Waals surface area contributed by atoms with Crippen LogP contribution in [0.15, 0.2) is 46.9 Å². The van der Waals surface area contributed by atoms with Gasteiger partial charge in [-0.25, -0.2) is 4.79 Å². The van der Waals surface area contributed by atoms with E-state index in [2.05, 4.69) is 21.2 Å². The maximum absolute atomic E-state index is 11.6. The Morgan fingerprint density at radius 3 is 2.52 bits per heavy atom. The van der Waals surface area contributed by atoms with Crippen LogP contribution < -0.4 is 11.1 Å². The normalized spacial score (nSPS) is 11.8. The monoisotopic (exact) mass is 348 g/mol. The van der Waals surface area contributed by atoms with E-state index in [1.807, 2.05) is 37.3 Å². The number of benzene rings is 2. The molecule has 0 saturated heterocycles. The van der Waals surface area contributed by atoms with Crippen molar-refractivity contribution in [2.24, 2.45) is 0 Å². The zero-order chi connectivity index (χ0) is 15.4. The van der Waals surface area contributed by atoms with Gasteiger partial charge in [-0.15, -0.1) is 0 Å². The molecule has 4 nitrogen and oxygen atoms in total. The number of nitrogens with one attached hydrogen (secondary N) is 1. The Balaban J connectivity index is 2.23. The lowest BCUT2D eigenvalue weighted by atomic mass is 10.1. The number of anilines is 2. The van der Waals surface area contributed by atoms with E-state index in [0.717, 1.165) is 10.0 Å². The average molecular weight is 349 g/mol. The summed E-state index contributed by atoms with van der Waals surface area (Å²) < 4.78 is 5.76. The number of carbonyl (C=O) groups is 1. The van der Waals surface area contributed by atoms with E-state index in [9.17, 15) is 4.79 Å². The number of hydrogen-bond donors (Lipinski definition) is 2. The van der Waals surface area contributed by atoms with E-state index in [1.165, 1.54) is 7.11 Å². The summed E-state index contributed by atoms with van der Waals surface area (Å²) in [5.74, 6) is -0.438. The minimum absolute atomic E-state index is 0.0632. The third kappa shape index (κ3) is 3.55. The Labute approximate surface area is 132 Å². The number of nitrogen functional groups attached to an aromatic ring is 1. The Kier molecular flexibility index (Phi) is 4.85. The summed E-state index contributed by atoms with van der Waals surface area (Å²) in [4.78, 5) is 11.6. The molecule has 0 spiro atoms. The second-order valence-electron chi connectivity index (χ2n) is 4.68. The molecule has 0 amide bonds. The third-order valence-electron chi connectivity index (χ3n) is 3.25. The van der Waals surface area contributed by atoms with Gasteiger partial charge in [-0.05, 0) is 36.8 Å². The van der Waals surface area contributed by atoms with E-state index < -0.39 is 5.97 Å². The number of esters is 1. The highest BCUT2D eigenvalue weighted by atomic mass is 79.9. The molecule has 0 fully saturated rings. The molecule has 1 atom stereocenters. The molecule has 0 bridgehead atoms. The molecule has 2 aromatic rings. The number of rotatable bonds is 4. The molecule has 3 N–H and O–H groups in total. The van der Waals surface area contributed by atoms with Gasteiger partial charge < -0.3 is 15.8 Å². The maximum atomic E-state index is 11.6. The largest absolute Gasteiger partial charge is 0.465 e. The van der Waals surface area contributed by atoms with Gasteiger partial charge in [-0.1, -0.05) is 34.1 Å². The number of carbonyl (C=O) groups excluding carboxylic acids is 1. The van der Waals surface area contributed by atoms with E-state index >= 15 is 0 Å². The van der Waals surface area contributed by atoms with Gasteiger partial charge in [0.2, 0.25) is 0 Å². The van der Waals surface area contributed by atoms with Gasteiger partial charge >= 0.3 is 5.97 Å². The lowest BCUT2D eigenvalue weighted by Crippen LogP contribution is -2.11. The number of para-hydroxylation sites is 1. The molecular formula is C16H17BrN2O2. The first-order valence-electron chi connectivity index (χ1n) is 6.51. The third-order valence-corrected chi connectivity index (χ3v) is 3.78. The molecule has 0 aliphatic rings. The number of methoxy groups -OCH3 is 1.